The zero-order valence-corrected chi connectivity index (χ0v) is 12.8. The highest BCUT2D eigenvalue weighted by atomic mass is 19.1. The molecule has 1 atom stereocenters. The highest BCUT2D eigenvalue weighted by Crippen LogP contribution is 2.08. The summed E-state index contributed by atoms with van der Waals surface area (Å²) in [6.07, 6.45) is 0.336. The maximum atomic E-state index is 13.2. The molecule has 0 radical (unpaired) electrons. The molecule has 0 aromatic heterocycles. The Hall–Kier alpha value is -2.69. The molecule has 0 saturated carbocycles. The van der Waals surface area contributed by atoms with Gasteiger partial charge in [0, 0.05) is 6.42 Å². The van der Waals surface area contributed by atoms with Gasteiger partial charge in [-0.15, -0.1) is 0 Å². The van der Waals surface area contributed by atoms with E-state index in [1.54, 1.807) is 12.1 Å². The molecule has 2 aromatic rings. The molecule has 0 saturated heterocycles. The quantitative estimate of drug-likeness (QED) is 0.832. The fourth-order valence-corrected chi connectivity index (χ4v) is 2.26. The molecule has 1 N–H and O–H groups in total. The minimum Gasteiger partial charge on any atom is -0.467 e. The number of rotatable bonds is 6. The van der Waals surface area contributed by atoms with Gasteiger partial charge in [0.05, 0.1) is 13.5 Å². The number of carbonyl (C=O) groups excluding carboxylic acids is 2. The molecule has 5 heteroatoms. The second-order valence-electron chi connectivity index (χ2n) is 5.14. The van der Waals surface area contributed by atoms with Crippen LogP contribution in [0.1, 0.15) is 11.1 Å². The first-order valence-electron chi connectivity index (χ1n) is 7.24. The zero-order valence-electron chi connectivity index (χ0n) is 12.8. The van der Waals surface area contributed by atoms with Crippen LogP contribution >= 0.6 is 0 Å². The van der Waals surface area contributed by atoms with Crippen molar-refractivity contribution >= 4 is 11.9 Å². The summed E-state index contributed by atoms with van der Waals surface area (Å²) in [5.74, 6) is -1.24. The molecule has 0 aliphatic carbocycles. The SMILES string of the molecule is COC(=O)[C@@H](Cc1cccc(F)c1)NC(=O)Cc1ccccc1. The summed E-state index contributed by atoms with van der Waals surface area (Å²) >= 11 is 0. The Balaban J connectivity index is 2.03. The molecule has 4 nitrogen and oxygen atoms in total. The van der Waals surface area contributed by atoms with Gasteiger partial charge in [0.15, 0.2) is 0 Å². The normalized spacial score (nSPS) is 11.6. The molecule has 0 aliphatic rings. The van der Waals surface area contributed by atoms with Gasteiger partial charge in [0.25, 0.3) is 0 Å². The van der Waals surface area contributed by atoms with Gasteiger partial charge in [0.2, 0.25) is 5.91 Å². The van der Waals surface area contributed by atoms with Crippen LogP contribution in [0.2, 0.25) is 0 Å². The minimum absolute atomic E-state index is 0.164. The summed E-state index contributed by atoms with van der Waals surface area (Å²) in [4.78, 5) is 24.0. The second-order valence-corrected chi connectivity index (χ2v) is 5.14. The van der Waals surface area contributed by atoms with E-state index in [0.717, 1.165) is 5.56 Å². The number of hydrogen-bond donors (Lipinski definition) is 1. The Morgan fingerprint density at radius 1 is 1.09 bits per heavy atom. The molecule has 23 heavy (non-hydrogen) atoms. The van der Waals surface area contributed by atoms with Crippen molar-refractivity contribution in [3.05, 3.63) is 71.5 Å². The summed E-state index contributed by atoms with van der Waals surface area (Å²) in [6.45, 7) is 0. The van der Waals surface area contributed by atoms with Gasteiger partial charge in [-0.2, -0.15) is 0 Å². The molecular formula is C18H18FNO3. The van der Waals surface area contributed by atoms with Gasteiger partial charge in [-0.05, 0) is 23.3 Å². The van der Waals surface area contributed by atoms with Crippen molar-refractivity contribution in [3.8, 4) is 0 Å². The van der Waals surface area contributed by atoms with Crippen LogP contribution in [0.5, 0.6) is 0 Å². The fourth-order valence-electron chi connectivity index (χ4n) is 2.26. The maximum Gasteiger partial charge on any atom is 0.328 e. The summed E-state index contributed by atoms with van der Waals surface area (Å²) < 4.78 is 18.0. The molecule has 0 heterocycles. The maximum absolute atomic E-state index is 13.2. The van der Waals surface area contributed by atoms with Crippen molar-refractivity contribution in [2.24, 2.45) is 0 Å². The van der Waals surface area contributed by atoms with Crippen LogP contribution in [0.15, 0.2) is 54.6 Å². The van der Waals surface area contributed by atoms with E-state index in [-0.39, 0.29) is 24.6 Å². The number of halogens is 1. The van der Waals surface area contributed by atoms with E-state index in [2.05, 4.69) is 5.32 Å². The number of nitrogens with one attached hydrogen (secondary N) is 1. The smallest absolute Gasteiger partial charge is 0.328 e. The molecule has 0 fully saturated rings. The number of esters is 1. The van der Waals surface area contributed by atoms with Gasteiger partial charge >= 0.3 is 5.97 Å². The van der Waals surface area contributed by atoms with Crippen LogP contribution in [0.3, 0.4) is 0 Å². The lowest BCUT2D eigenvalue weighted by Gasteiger charge is -2.16. The number of methoxy groups -OCH3 is 1. The third kappa shape index (κ3) is 5.21. The van der Waals surface area contributed by atoms with Gasteiger partial charge in [0.1, 0.15) is 11.9 Å². The standard InChI is InChI=1S/C18H18FNO3/c1-23-18(22)16(11-14-8-5-9-15(19)10-14)20-17(21)12-13-6-3-2-4-7-13/h2-10,16H,11-12H2,1H3,(H,20,21)/t16-/m1/s1. The number of carbonyl (C=O) groups is 2. The van der Waals surface area contributed by atoms with Crippen LogP contribution in [-0.4, -0.2) is 25.0 Å². The van der Waals surface area contributed by atoms with Gasteiger partial charge in [-0.25, -0.2) is 9.18 Å². The fraction of sp³-hybridized carbons (Fsp3) is 0.222. The average molecular weight is 315 g/mol. The van der Waals surface area contributed by atoms with Crippen molar-refractivity contribution < 1.29 is 18.7 Å². The van der Waals surface area contributed by atoms with Crippen molar-refractivity contribution in [2.45, 2.75) is 18.9 Å². The van der Waals surface area contributed by atoms with Crippen LogP contribution < -0.4 is 5.32 Å². The molecule has 0 spiro atoms. The zero-order chi connectivity index (χ0) is 16.7. The van der Waals surface area contributed by atoms with Crippen LogP contribution in [0.25, 0.3) is 0 Å². The first-order chi connectivity index (χ1) is 11.1. The second kappa shape index (κ2) is 8.08. The number of hydrogen-bond acceptors (Lipinski definition) is 3. The third-order valence-corrected chi connectivity index (χ3v) is 3.36. The Morgan fingerprint density at radius 2 is 1.78 bits per heavy atom. The molecule has 1 amide bonds. The van der Waals surface area contributed by atoms with Gasteiger partial charge in [-0.1, -0.05) is 42.5 Å². The van der Waals surface area contributed by atoms with Gasteiger partial charge in [-0.3, -0.25) is 4.79 Å². The molecule has 120 valence electrons. The van der Waals surface area contributed by atoms with Crippen LogP contribution in [-0.2, 0) is 27.2 Å². The van der Waals surface area contributed by atoms with Crippen molar-refractivity contribution in [3.63, 3.8) is 0 Å². The molecule has 2 rings (SSSR count). The highest BCUT2D eigenvalue weighted by molar-refractivity contribution is 5.85. The summed E-state index contributed by atoms with van der Waals surface area (Å²) in [5, 5.41) is 2.65. The molecule has 0 aliphatic heterocycles. The average Bonchev–Trinajstić information content (AvgIpc) is 2.54. The number of amides is 1. The van der Waals surface area contributed by atoms with E-state index in [4.69, 9.17) is 4.74 Å². The largest absolute Gasteiger partial charge is 0.467 e. The van der Waals surface area contributed by atoms with E-state index in [1.807, 2.05) is 30.3 Å². The van der Waals surface area contributed by atoms with Crippen molar-refractivity contribution in [2.75, 3.05) is 7.11 Å². The van der Waals surface area contributed by atoms with Crippen LogP contribution in [0.4, 0.5) is 4.39 Å². The summed E-state index contributed by atoms with van der Waals surface area (Å²) in [5.41, 5.74) is 1.46. The number of benzene rings is 2. The highest BCUT2D eigenvalue weighted by Gasteiger charge is 2.22. The first kappa shape index (κ1) is 16.7. The van der Waals surface area contributed by atoms with Crippen molar-refractivity contribution in [1.82, 2.24) is 5.32 Å². The lowest BCUT2D eigenvalue weighted by atomic mass is 10.1. The first-order valence-corrected chi connectivity index (χ1v) is 7.24. The van der Waals surface area contributed by atoms with Gasteiger partial charge < -0.3 is 10.1 Å². The van der Waals surface area contributed by atoms with E-state index >= 15 is 0 Å². The van der Waals surface area contributed by atoms with Crippen molar-refractivity contribution in [1.29, 1.82) is 0 Å². The molecule has 0 bridgehead atoms. The third-order valence-electron chi connectivity index (χ3n) is 3.36. The Bertz CT molecular complexity index is 673. The lowest BCUT2D eigenvalue weighted by molar-refractivity contribution is -0.145. The van der Waals surface area contributed by atoms with E-state index in [1.165, 1.54) is 19.2 Å². The molecular weight excluding hydrogens is 297 g/mol. The predicted octanol–water partition coefficient (Wildman–Crippen LogP) is 2.27. The van der Waals surface area contributed by atoms with E-state index < -0.39 is 12.0 Å². The molecule has 0 unspecified atom stereocenters. The lowest BCUT2D eigenvalue weighted by Crippen LogP contribution is -2.43. The number of ether oxygens (including phenoxy) is 1. The summed E-state index contributed by atoms with van der Waals surface area (Å²) in [6, 6.07) is 14.3. The van der Waals surface area contributed by atoms with E-state index in [9.17, 15) is 14.0 Å². The minimum atomic E-state index is -0.849. The molecule has 2 aromatic carbocycles. The predicted molar refractivity (Wildman–Crippen MR) is 84.2 cm³/mol. The monoisotopic (exact) mass is 315 g/mol. The van der Waals surface area contributed by atoms with Crippen LogP contribution in [0, 0.1) is 5.82 Å². The Labute approximate surface area is 134 Å². The Kier molecular flexibility index (Phi) is 5.86. The Morgan fingerprint density at radius 3 is 2.43 bits per heavy atom. The summed E-state index contributed by atoms with van der Waals surface area (Å²) in [7, 11) is 1.25. The topological polar surface area (TPSA) is 55.4 Å². The van der Waals surface area contributed by atoms with E-state index in [0.29, 0.717) is 5.56 Å².